The number of hydrazine groups is 1. The van der Waals surface area contributed by atoms with Crippen LogP contribution in [-0.4, -0.2) is 12.8 Å². The maximum Gasteiger partial charge on any atom is 0.260 e. The molecule has 7 heteroatoms. The molecule has 1 aromatic heterocycles. The maximum atomic E-state index is 13.2. The van der Waals surface area contributed by atoms with Crippen LogP contribution < -0.4 is 5.43 Å². The van der Waals surface area contributed by atoms with Crippen LogP contribution in [0.25, 0.3) is 5.70 Å². The Hall–Kier alpha value is -2.35. The van der Waals surface area contributed by atoms with Gasteiger partial charge in [-0.2, -0.15) is 0 Å². The Morgan fingerprint density at radius 2 is 1.69 bits per heavy atom. The molecule has 5 nitrogen and oxygen atoms in total. The van der Waals surface area contributed by atoms with E-state index in [1.807, 2.05) is 30.3 Å². The van der Waals surface area contributed by atoms with Crippen LogP contribution in [0.3, 0.4) is 0 Å². The molecule has 132 valence electrons. The highest BCUT2D eigenvalue weighted by Crippen LogP contribution is 2.35. The molecule has 26 heavy (non-hydrogen) atoms. The SMILES string of the molecule is O=S(=O)(c1ccccc1)N1NC(c2ccc(Br)cc2)=C[C@@H]1c1ccco1. The number of sulfonamides is 1. The molecule has 2 aromatic carbocycles. The quantitative estimate of drug-likeness (QED) is 0.668. The van der Waals surface area contributed by atoms with Gasteiger partial charge in [-0.25, -0.2) is 8.42 Å². The van der Waals surface area contributed by atoms with Gasteiger partial charge in [0.25, 0.3) is 10.0 Å². The standard InChI is InChI=1S/C19H15BrN2O3S/c20-15-10-8-14(9-11-15)17-13-18(19-7-4-12-25-19)22(21-17)26(23,24)16-5-2-1-3-6-16/h1-13,18,21H/t18-/m1/s1. The lowest BCUT2D eigenvalue weighted by Gasteiger charge is -2.23. The minimum atomic E-state index is -3.76. The Labute approximate surface area is 160 Å². The summed E-state index contributed by atoms with van der Waals surface area (Å²) in [6, 6.07) is 18.9. The molecule has 0 radical (unpaired) electrons. The number of furan rings is 1. The molecule has 0 aliphatic carbocycles. The van der Waals surface area contributed by atoms with Crippen molar-refractivity contribution in [3.05, 3.63) is 94.9 Å². The summed E-state index contributed by atoms with van der Waals surface area (Å²) >= 11 is 3.41. The molecule has 0 fully saturated rings. The lowest BCUT2D eigenvalue weighted by molar-refractivity contribution is 0.310. The van der Waals surface area contributed by atoms with Crippen LogP contribution >= 0.6 is 15.9 Å². The lowest BCUT2D eigenvalue weighted by atomic mass is 10.1. The van der Waals surface area contributed by atoms with Gasteiger partial charge in [-0.3, -0.25) is 0 Å². The van der Waals surface area contributed by atoms with Crippen LogP contribution in [-0.2, 0) is 10.0 Å². The van der Waals surface area contributed by atoms with Crippen LogP contribution in [0.2, 0.25) is 0 Å². The van der Waals surface area contributed by atoms with Gasteiger partial charge in [0.1, 0.15) is 11.8 Å². The first-order chi connectivity index (χ1) is 12.6. The third kappa shape index (κ3) is 3.09. The second kappa shape index (κ2) is 6.75. The predicted molar refractivity (Wildman–Crippen MR) is 102 cm³/mol. The zero-order chi connectivity index (χ0) is 18.1. The number of hydrogen-bond acceptors (Lipinski definition) is 4. The van der Waals surface area contributed by atoms with Crippen molar-refractivity contribution in [2.75, 3.05) is 0 Å². The van der Waals surface area contributed by atoms with E-state index in [1.165, 1.54) is 10.7 Å². The first kappa shape index (κ1) is 17.1. The first-order valence-corrected chi connectivity index (χ1v) is 10.2. The molecule has 1 aliphatic heterocycles. The number of hydrogen-bond donors (Lipinski definition) is 1. The topological polar surface area (TPSA) is 62.6 Å². The second-order valence-corrected chi connectivity index (χ2v) is 8.50. The Kier molecular flexibility index (Phi) is 4.44. The van der Waals surface area contributed by atoms with E-state index in [0.717, 1.165) is 10.0 Å². The van der Waals surface area contributed by atoms with Crippen molar-refractivity contribution in [1.82, 2.24) is 9.84 Å². The molecule has 0 spiro atoms. The summed E-state index contributed by atoms with van der Waals surface area (Å²) in [5.41, 5.74) is 4.63. The molecule has 4 rings (SSSR count). The summed E-state index contributed by atoms with van der Waals surface area (Å²) in [5.74, 6) is 0.545. The predicted octanol–water partition coefficient (Wildman–Crippen LogP) is 4.33. The fourth-order valence-electron chi connectivity index (χ4n) is 2.81. The summed E-state index contributed by atoms with van der Waals surface area (Å²) in [7, 11) is -3.76. The normalized spacial score (nSPS) is 17.7. The molecule has 1 atom stereocenters. The number of benzene rings is 2. The molecule has 2 heterocycles. The lowest BCUT2D eigenvalue weighted by Crippen LogP contribution is -2.39. The van der Waals surface area contributed by atoms with Crippen molar-refractivity contribution >= 4 is 31.7 Å². The molecule has 0 saturated carbocycles. The van der Waals surface area contributed by atoms with Gasteiger partial charge in [-0.15, -0.1) is 0 Å². The van der Waals surface area contributed by atoms with Gasteiger partial charge < -0.3 is 9.84 Å². The van der Waals surface area contributed by atoms with Crippen molar-refractivity contribution < 1.29 is 12.8 Å². The van der Waals surface area contributed by atoms with Crippen molar-refractivity contribution in [2.24, 2.45) is 0 Å². The molecule has 1 N–H and O–H groups in total. The van der Waals surface area contributed by atoms with Crippen molar-refractivity contribution in [3.63, 3.8) is 0 Å². The van der Waals surface area contributed by atoms with Crippen LogP contribution in [0.15, 0.2) is 92.9 Å². The molecule has 0 unspecified atom stereocenters. The third-order valence-electron chi connectivity index (χ3n) is 4.10. The molecule has 0 saturated heterocycles. The van der Waals surface area contributed by atoms with E-state index in [1.54, 1.807) is 42.5 Å². The summed E-state index contributed by atoms with van der Waals surface area (Å²) in [5, 5.41) is 0. The minimum Gasteiger partial charge on any atom is -0.467 e. The smallest absolute Gasteiger partial charge is 0.260 e. The van der Waals surface area contributed by atoms with Gasteiger partial charge >= 0.3 is 0 Å². The van der Waals surface area contributed by atoms with Crippen molar-refractivity contribution in [3.8, 4) is 0 Å². The van der Waals surface area contributed by atoms with Gasteiger partial charge in [-0.1, -0.05) is 50.7 Å². The molecule has 0 bridgehead atoms. The summed E-state index contributed by atoms with van der Waals surface area (Å²) in [6.45, 7) is 0. The van der Waals surface area contributed by atoms with Gasteiger partial charge in [0.2, 0.25) is 0 Å². The van der Waals surface area contributed by atoms with E-state index < -0.39 is 16.1 Å². The average Bonchev–Trinajstić information content (AvgIpc) is 3.33. The zero-order valence-corrected chi connectivity index (χ0v) is 15.9. The Balaban J connectivity index is 1.76. The second-order valence-electron chi connectivity index (χ2n) is 5.77. The van der Waals surface area contributed by atoms with E-state index in [-0.39, 0.29) is 4.90 Å². The van der Waals surface area contributed by atoms with Crippen LogP contribution in [0.1, 0.15) is 17.4 Å². The highest BCUT2D eigenvalue weighted by molar-refractivity contribution is 9.10. The largest absolute Gasteiger partial charge is 0.467 e. The van der Waals surface area contributed by atoms with Gasteiger partial charge in [-0.05, 0) is 48.0 Å². The minimum absolute atomic E-state index is 0.217. The van der Waals surface area contributed by atoms with Crippen LogP contribution in [0.4, 0.5) is 0 Å². The van der Waals surface area contributed by atoms with Crippen LogP contribution in [0, 0.1) is 0 Å². The Morgan fingerprint density at radius 3 is 2.35 bits per heavy atom. The van der Waals surface area contributed by atoms with E-state index in [9.17, 15) is 8.42 Å². The van der Waals surface area contributed by atoms with E-state index in [0.29, 0.717) is 11.5 Å². The summed E-state index contributed by atoms with van der Waals surface area (Å²) in [4.78, 5) is 0.217. The molecular weight excluding hydrogens is 416 g/mol. The fraction of sp³-hybridized carbons (Fsp3) is 0.0526. The van der Waals surface area contributed by atoms with Gasteiger partial charge in [0.05, 0.1) is 16.9 Å². The first-order valence-electron chi connectivity index (χ1n) is 7.93. The van der Waals surface area contributed by atoms with Crippen molar-refractivity contribution in [1.29, 1.82) is 0 Å². The molecule has 1 aliphatic rings. The Morgan fingerprint density at radius 1 is 0.962 bits per heavy atom. The van der Waals surface area contributed by atoms with E-state index in [2.05, 4.69) is 21.4 Å². The number of nitrogens with one attached hydrogen (secondary N) is 1. The zero-order valence-electron chi connectivity index (χ0n) is 13.5. The number of nitrogens with zero attached hydrogens (tertiary/aromatic N) is 1. The highest BCUT2D eigenvalue weighted by Gasteiger charge is 2.38. The highest BCUT2D eigenvalue weighted by atomic mass is 79.9. The molecule has 3 aromatic rings. The fourth-order valence-corrected chi connectivity index (χ4v) is 4.49. The van der Waals surface area contributed by atoms with E-state index >= 15 is 0 Å². The maximum absolute atomic E-state index is 13.2. The molecule has 0 amide bonds. The average molecular weight is 431 g/mol. The monoisotopic (exact) mass is 430 g/mol. The summed E-state index contributed by atoms with van der Waals surface area (Å²) < 4.78 is 34.0. The Bertz CT molecular complexity index is 1030. The van der Waals surface area contributed by atoms with Crippen molar-refractivity contribution in [2.45, 2.75) is 10.9 Å². The molecular formula is C19H15BrN2O3S. The van der Waals surface area contributed by atoms with Gasteiger partial charge in [0.15, 0.2) is 0 Å². The number of rotatable bonds is 4. The third-order valence-corrected chi connectivity index (χ3v) is 6.33. The van der Waals surface area contributed by atoms with Gasteiger partial charge in [0, 0.05) is 4.47 Å². The number of halogens is 1. The van der Waals surface area contributed by atoms with Crippen LogP contribution in [0.5, 0.6) is 0 Å². The summed E-state index contributed by atoms with van der Waals surface area (Å²) in [6.07, 6.45) is 3.39. The van der Waals surface area contributed by atoms with E-state index in [4.69, 9.17) is 4.42 Å².